The Morgan fingerprint density at radius 2 is 2.07 bits per heavy atom. The molecule has 27 heavy (non-hydrogen) atoms. The smallest absolute Gasteiger partial charge is 0.191 e. The number of nitrogens with zero attached hydrogens (tertiary/aromatic N) is 2. The first kappa shape index (κ1) is 23.2. The van der Waals surface area contributed by atoms with Gasteiger partial charge in [0, 0.05) is 57.4 Å². The zero-order valence-electron chi connectivity index (χ0n) is 17.0. The molecule has 1 saturated carbocycles. The molecule has 7 heteroatoms. The van der Waals surface area contributed by atoms with Gasteiger partial charge < -0.3 is 20.1 Å². The van der Waals surface area contributed by atoms with E-state index in [4.69, 9.17) is 14.5 Å². The van der Waals surface area contributed by atoms with E-state index in [-0.39, 0.29) is 24.0 Å². The van der Waals surface area contributed by atoms with E-state index in [1.807, 2.05) is 0 Å². The van der Waals surface area contributed by atoms with E-state index in [1.54, 1.807) is 0 Å². The van der Waals surface area contributed by atoms with Crippen molar-refractivity contribution in [3.05, 3.63) is 0 Å². The van der Waals surface area contributed by atoms with Crippen LogP contribution in [0.2, 0.25) is 0 Å². The first-order valence-corrected chi connectivity index (χ1v) is 10.8. The van der Waals surface area contributed by atoms with Crippen molar-refractivity contribution in [1.29, 1.82) is 0 Å². The number of nitrogens with one attached hydrogen (secondary N) is 2. The van der Waals surface area contributed by atoms with Gasteiger partial charge in [-0.15, -0.1) is 24.0 Å². The molecular formula is C20H39IN4O2. The molecule has 0 aromatic rings. The zero-order valence-corrected chi connectivity index (χ0v) is 19.3. The summed E-state index contributed by atoms with van der Waals surface area (Å²) in [6.45, 7) is 9.64. The summed E-state index contributed by atoms with van der Waals surface area (Å²) >= 11 is 0. The quantitative estimate of drug-likeness (QED) is 0.224. The fourth-order valence-electron chi connectivity index (χ4n) is 4.34. The normalized spacial score (nSPS) is 27.1. The Morgan fingerprint density at radius 3 is 2.81 bits per heavy atom. The van der Waals surface area contributed by atoms with Crippen LogP contribution in [0.1, 0.15) is 51.9 Å². The second-order valence-corrected chi connectivity index (χ2v) is 7.98. The van der Waals surface area contributed by atoms with Gasteiger partial charge >= 0.3 is 0 Å². The molecule has 2 atom stereocenters. The average Bonchev–Trinajstić information content (AvgIpc) is 3.40. The van der Waals surface area contributed by atoms with Crippen molar-refractivity contribution >= 4 is 29.9 Å². The van der Waals surface area contributed by atoms with Crippen molar-refractivity contribution in [1.82, 2.24) is 15.5 Å². The molecule has 6 nitrogen and oxygen atoms in total. The molecule has 2 unspecified atom stereocenters. The van der Waals surface area contributed by atoms with Crippen LogP contribution >= 0.6 is 24.0 Å². The third kappa shape index (κ3) is 8.03. The molecule has 3 fully saturated rings. The van der Waals surface area contributed by atoms with Crippen LogP contribution < -0.4 is 10.6 Å². The number of ether oxygens (including phenoxy) is 2. The molecule has 0 bridgehead atoms. The fourth-order valence-corrected chi connectivity index (χ4v) is 4.34. The third-order valence-electron chi connectivity index (χ3n) is 5.84. The minimum atomic E-state index is 0. The van der Waals surface area contributed by atoms with Crippen LogP contribution in [0.4, 0.5) is 0 Å². The number of likely N-dealkylation sites (tertiary alicyclic amines) is 1. The summed E-state index contributed by atoms with van der Waals surface area (Å²) < 4.78 is 11.1. The molecule has 3 aliphatic rings. The van der Waals surface area contributed by atoms with Gasteiger partial charge in [-0.25, -0.2) is 0 Å². The summed E-state index contributed by atoms with van der Waals surface area (Å²) in [6, 6.07) is 1.37. The van der Waals surface area contributed by atoms with E-state index in [0.29, 0.717) is 12.0 Å². The summed E-state index contributed by atoms with van der Waals surface area (Å²) in [5.41, 5.74) is 0. The summed E-state index contributed by atoms with van der Waals surface area (Å²) in [5, 5.41) is 7.04. The van der Waals surface area contributed by atoms with Crippen molar-refractivity contribution in [3.8, 4) is 0 Å². The van der Waals surface area contributed by atoms with Gasteiger partial charge in [0.25, 0.3) is 0 Å². The maximum Gasteiger partial charge on any atom is 0.191 e. The van der Waals surface area contributed by atoms with E-state index in [9.17, 15) is 0 Å². The van der Waals surface area contributed by atoms with E-state index in [2.05, 4.69) is 22.5 Å². The number of hydrogen-bond acceptors (Lipinski definition) is 4. The van der Waals surface area contributed by atoms with Gasteiger partial charge in [-0.1, -0.05) is 12.8 Å². The maximum absolute atomic E-state index is 5.77. The Hall–Kier alpha value is -0.120. The molecule has 0 aromatic heterocycles. The van der Waals surface area contributed by atoms with Crippen molar-refractivity contribution in [2.75, 3.05) is 52.6 Å². The van der Waals surface area contributed by atoms with Gasteiger partial charge in [-0.3, -0.25) is 9.89 Å². The highest BCUT2D eigenvalue weighted by Crippen LogP contribution is 2.26. The van der Waals surface area contributed by atoms with Gasteiger partial charge in [0.05, 0.1) is 13.2 Å². The largest absolute Gasteiger partial charge is 0.381 e. The number of aliphatic imine (C=N–C) groups is 1. The van der Waals surface area contributed by atoms with Crippen LogP contribution in [0, 0.1) is 5.92 Å². The zero-order chi connectivity index (χ0) is 18.0. The molecule has 2 aliphatic heterocycles. The molecular weight excluding hydrogens is 455 g/mol. The summed E-state index contributed by atoms with van der Waals surface area (Å²) in [4.78, 5) is 7.43. The Labute approximate surface area is 182 Å². The predicted molar refractivity (Wildman–Crippen MR) is 121 cm³/mol. The lowest BCUT2D eigenvalue weighted by molar-refractivity contribution is 0.0893. The summed E-state index contributed by atoms with van der Waals surface area (Å²) in [7, 11) is 0. The van der Waals surface area contributed by atoms with Crippen LogP contribution in [0.25, 0.3) is 0 Å². The maximum atomic E-state index is 5.77. The van der Waals surface area contributed by atoms with Crippen molar-refractivity contribution < 1.29 is 9.47 Å². The number of guanidine groups is 1. The van der Waals surface area contributed by atoms with E-state index in [0.717, 1.165) is 64.4 Å². The van der Waals surface area contributed by atoms with Crippen molar-refractivity contribution in [2.45, 2.75) is 64.0 Å². The van der Waals surface area contributed by atoms with Crippen LogP contribution in [0.5, 0.6) is 0 Å². The number of rotatable bonds is 9. The fraction of sp³-hybridized carbons (Fsp3) is 0.950. The first-order valence-electron chi connectivity index (χ1n) is 10.8. The predicted octanol–water partition coefficient (Wildman–Crippen LogP) is 2.62. The topological polar surface area (TPSA) is 58.1 Å². The van der Waals surface area contributed by atoms with Crippen LogP contribution in [0.3, 0.4) is 0 Å². The second kappa shape index (κ2) is 13.2. The van der Waals surface area contributed by atoms with Gasteiger partial charge in [0.2, 0.25) is 0 Å². The number of hydrogen-bond donors (Lipinski definition) is 2. The lowest BCUT2D eigenvalue weighted by atomic mass is 10.1. The monoisotopic (exact) mass is 494 g/mol. The molecule has 2 N–H and O–H groups in total. The molecule has 3 rings (SSSR count). The molecule has 0 spiro atoms. The molecule has 0 aromatic carbocycles. The van der Waals surface area contributed by atoms with Gasteiger partial charge in [-0.2, -0.15) is 0 Å². The second-order valence-electron chi connectivity index (χ2n) is 7.98. The van der Waals surface area contributed by atoms with E-state index < -0.39 is 0 Å². The molecule has 2 saturated heterocycles. The lowest BCUT2D eigenvalue weighted by Crippen LogP contribution is -2.45. The highest BCUT2D eigenvalue weighted by Gasteiger charge is 2.30. The highest BCUT2D eigenvalue weighted by atomic mass is 127. The average molecular weight is 494 g/mol. The minimum Gasteiger partial charge on any atom is -0.381 e. The van der Waals surface area contributed by atoms with Crippen molar-refractivity contribution in [3.63, 3.8) is 0 Å². The minimum absolute atomic E-state index is 0. The first-order chi connectivity index (χ1) is 12.8. The van der Waals surface area contributed by atoms with Crippen LogP contribution in [-0.4, -0.2) is 75.5 Å². The van der Waals surface area contributed by atoms with Crippen LogP contribution in [0.15, 0.2) is 4.99 Å². The van der Waals surface area contributed by atoms with E-state index in [1.165, 1.54) is 45.2 Å². The number of halogens is 1. The van der Waals surface area contributed by atoms with Gasteiger partial charge in [0.1, 0.15) is 0 Å². The van der Waals surface area contributed by atoms with E-state index >= 15 is 0 Å². The Kier molecular flexibility index (Phi) is 11.3. The Balaban J connectivity index is 0.00000261. The van der Waals surface area contributed by atoms with Gasteiger partial charge in [0.15, 0.2) is 5.96 Å². The molecule has 1 aliphatic carbocycles. The SMILES string of the molecule is CCNC(=NCCCOCC1CCOC1)NC1CCN(C2CCCC2)C1.I. The summed E-state index contributed by atoms with van der Waals surface area (Å²) in [6.07, 6.45) is 8.97. The third-order valence-corrected chi connectivity index (χ3v) is 5.84. The Bertz CT molecular complexity index is 426. The molecule has 0 amide bonds. The Morgan fingerprint density at radius 1 is 1.22 bits per heavy atom. The summed E-state index contributed by atoms with van der Waals surface area (Å²) in [5.74, 6) is 1.57. The molecule has 0 radical (unpaired) electrons. The van der Waals surface area contributed by atoms with Gasteiger partial charge in [-0.05, 0) is 39.0 Å². The highest BCUT2D eigenvalue weighted by molar-refractivity contribution is 14.0. The molecule has 158 valence electrons. The molecule has 2 heterocycles. The lowest BCUT2D eigenvalue weighted by Gasteiger charge is -2.24. The van der Waals surface area contributed by atoms with Crippen LogP contribution in [-0.2, 0) is 9.47 Å². The standard InChI is InChI=1S/C20H38N4O2.HI/c1-2-21-20(22-10-5-12-25-15-17-9-13-26-16-17)23-18-8-11-24(14-18)19-6-3-4-7-19;/h17-19H,2-16H2,1H3,(H2,21,22,23);1H. The van der Waals surface area contributed by atoms with Crippen molar-refractivity contribution in [2.24, 2.45) is 10.9 Å².